The lowest BCUT2D eigenvalue weighted by Crippen LogP contribution is -2.25. The number of carbonyl (C=O) groups is 2. The first-order chi connectivity index (χ1) is 44.8. The van der Waals surface area contributed by atoms with Crippen LogP contribution >= 0.6 is 0 Å². The fraction of sp³-hybridized carbons (Fsp3) is 0.387. The van der Waals surface area contributed by atoms with E-state index in [1.807, 2.05) is 50.5 Å². The Morgan fingerprint density at radius 2 is 0.863 bits per heavy atom. The van der Waals surface area contributed by atoms with Crippen molar-refractivity contribution in [3.8, 4) is 45.3 Å². The van der Waals surface area contributed by atoms with Crippen molar-refractivity contribution in [3.63, 3.8) is 0 Å². The molecule has 0 aliphatic rings. The predicted molar refractivity (Wildman–Crippen MR) is 359 cm³/mol. The molecule has 0 atom stereocenters. The molecular weight excluding hydrogens is 1230 g/mol. The zero-order valence-corrected chi connectivity index (χ0v) is 56.4. The van der Waals surface area contributed by atoms with Crippen LogP contribution in [0.3, 0.4) is 0 Å². The number of hydrogen-bond donors (Lipinski definition) is 2. The SMILES string of the molecule is CCOc1cc(-c2cc(C(C)C)ccc2C)c(CN(Cc2cc(C)cc(C(F)(F)F)c2)c2ncc(OCCCC(=O)O)cn2)cc1C.Cc1cc(CN(Cc2cc(C)c(OC(C)C)cc2-c2cc(C(C)C)ccc2C)c2ncc(OCCCC(=O)O)cn2)cc(C(F)(F)F)c1. The molecule has 0 spiro atoms. The second-order valence-electron chi connectivity index (χ2n) is 24.9. The minimum atomic E-state index is -4.49. The highest BCUT2D eigenvalue weighted by Gasteiger charge is 2.33. The molecule has 0 fully saturated rings. The summed E-state index contributed by atoms with van der Waals surface area (Å²) < 4.78 is 106. The zero-order chi connectivity index (χ0) is 69.5. The van der Waals surface area contributed by atoms with Gasteiger partial charge in [-0.25, -0.2) is 19.9 Å². The Balaban J connectivity index is 0.000000269. The molecule has 0 amide bonds. The molecule has 8 aromatic rings. The maximum Gasteiger partial charge on any atom is 0.416 e. The Hall–Kier alpha value is -9.20. The topological polar surface area (TPSA) is 170 Å². The smallest absolute Gasteiger partial charge is 0.416 e. The van der Waals surface area contributed by atoms with E-state index in [4.69, 9.17) is 29.2 Å². The molecule has 0 radical (unpaired) electrons. The maximum atomic E-state index is 13.8. The molecule has 95 heavy (non-hydrogen) atoms. The summed E-state index contributed by atoms with van der Waals surface area (Å²) in [5.41, 5.74) is 12.8. The highest BCUT2D eigenvalue weighted by atomic mass is 19.4. The molecule has 0 aliphatic carbocycles. The van der Waals surface area contributed by atoms with Crippen LogP contribution in [0, 0.1) is 41.5 Å². The van der Waals surface area contributed by atoms with Crippen LogP contribution in [0.15, 0.2) is 122 Å². The number of carboxylic acid groups (broad SMARTS) is 2. The van der Waals surface area contributed by atoms with E-state index in [0.717, 1.165) is 79.3 Å². The van der Waals surface area contributed by atoms with Gasteiger partial charge in [0.25, 0.3) is 0 Å². The van der Waals surface area contributed by atoms with Gasteiger partial charge in [0.15, 0.2) is 11.5 Å². The van der Waals surface area contributed by atoms with Crippen molar-refractivity contribution >= 4 is 23.8 Å². The van der Waals surface area contributed by atoms with Crippen LogP contribution in [0.1, 0.15) is 164 Å². The van der Waals surface area contributed by atoms with E-state index in [1.165, 1.54) is 48.0 Å². The molecule has 0 aliphatic heterocycles. The van der Waals surface area contributed by atoms with Gasteiger partial charge in [-0.3, -0.25) is 9.59 Å². The third-order valence-corrected chi connectivity index (χ3v) is 15.7. The molecule has 0 unspecified atom stereocenters. The van der Waals surface area contributed by atoms with Crippen LogP contribution < -0.4 is 28.7 Å². The first-order valence-corrected chi connectivity index (χ1v) is 31.8. The van der Waals surface area contributed by atoms with Crippen molar-refractivity contribution in [1.82, 2.24) is 19.9 Å². The molecule has 2 heterocycles. The lowest BCUT2D eigenvalue weighted by Gasteiger charge is -2.26. The highest BCUT2D eigenvalue weighted by Crippen LogP contribution is 2.40. The molecule has 6 aromatic carbocycles. The van der Waals surface area contributed by atoms with Gasteiger partial charge in [-0.05, 0) is 213 Å². The molecule has 2 aromatic heterocycles. The first kappa shape index (κ1) is 73.2. The normalized spacial score (nSPS) is 11.6. The molecule has 20 heteroatoms. The largest absolute Gasteiger partial charge is 0.494 e. The maximum absolute atomic E-state index is 13.8. The van der Waals surface area contributed by atoms with Gasteiger partial charge >= 0.3 is 24.3 Å². The van der Waals surface area contributed by atoms with E-state index in [2.05, 4.69) is 116 Å². The summed E-state index contributed by atoms with van der Waals surface area (Å²) >= 11 is 0. The first-order valence-electron chi connectivity index (χ1n) is 31.8. The summed E-state index contributed by atoms with van der Waals surface area (Å²) in [7, 11) is 0. The Labute approximate surface area is 553 Å². The summed E-state index contributed by atoms with van der Waals surface area (Å²) in [6, 6.07) is 29.2. The number of carboxylic acids is 2. The van der Waals surface area contributed by atoms with Crippen LogP contribution in [0.4, 0.5) is 38.2 Å². The molecule has 2 N–H and O–H groups in total. The second-order valence-corrected chi connectivity index (χ2v) is 24.9. The van der Waals surface area contributed by atoms with Crippen LogP contribution in [0.5, 0.6) is 23.0 Å². The van der Waals surface area contributed by atoms with Crippen molar-refractivity contribution in [2.45, 2.75) is 172 Å². The third-order valence-electron chi connectivity index (χ3n) is 15.7. The van der Waals surface area contributed by atoms with Crippen LogP contribution in [-0.4, -0.2) is 68.0 Å². The Kier molecular flexibility index (Phi) is 25.3. The van der Waals surface area contributed by atoms with Crippen molar-refractivity contribution in [3.05, 3.63) is 200 Å². The Bertz CT molecular complexity index is 3910. The van der Waals surface area contributed by atoms with Gasteiger partial charge in [-0.15, -0.1) is 0 Å². The molecule has 14 nitrogen and oxygen atoms in total. The molecule has 506 valence electrons. The fourth-order valence-corrected chi connectivity index (χ4v) is 10.9. The van der Waals surface area contributed by atoms with E-state index < -0.39 is 35.4 Å². The average molecular weight is 1310 g/mol. The zero-order valence-electron chi connectivity index (χ0n) is 56.4. The molecule has 0 bridgehead atoms. The summed E-state index contributed by atoms with van der Waals surface area (Å²) in [5.74, 6) is 1.69. The Morgan fingerprint density at radius 3 is 1.22 bits per heavy atom. The van der Waals surface area contributed by atoms with Gasteiger partial charge in [0.1, 0.15) is 11.5 Å². The van der Waals surface area contributed by atoms with Crippen molar-refractivity contribution in [2.24, 2.45) is 0 Å². The molecule has 0 saturated heterocycles. The quantitative estimate of drug-likeness (QED) is 0.0351. The lowest BCUT2D eigenvalue weighted by atomic mass is 9.90. The van der Waals surface area contributed by atoms with Crippen LogP contribution in [0.25, 0.3) is 22.3 Å². The average Bonchev–Trinajstić information content (AvgIpc) is 0.797. The molecule has 8 rings (SSSR count). The van der Waals surface area contributed by atoms with Gasteiger partial charge in [0.2, 0.25) is 11.9 Å². The standard InChI is InChI=1S/C38H44F3N3O4.C37H42F3N3O4/c1-23(2)29-11-10-26(6)33(17-29)34-18-35(48-24(3)4)27(7)15-30(34)22-44(21-28-13-25(5)14-31(16-28)38(39,40)41)37-42-19-32(20-43-37)47-12-8-9-36(45)46;1-7-46-34-18-33(32-17-28(23(2)3)11-10-25(32)5)29(15-26(34)6)22-43(21-27-13-24(4)14-30(16-27)37(38,39)40)36-41-19-31(20-42-36)47-12-8-9-35(44)45/h10-11,13-20,23-24H,8-9,12,21-22H2,1-7H3,(H,45,46);10-11,13-20,23H,7-9,12,21-22H2,1-6H3,(H,44,45). The van der Waals surface area contributed by atoms with Gasteiger partial charge in [-0.1, -0.05) is 87.4 Å². The van der Waals surface area contributed by atoms with E-state index in [9.17, 15) is 35.9 Å². The van der Waals surface area contributed by atoms with Crippen LogP contribution in [0.2, 0.25) is 0 Å². The van der Waals surface area contributed by atoms with Crippen LogP contribution in [-0.2, 0) is 48.1 Å². The highest BCUT2D eigenvalue weighted by molar-refractivity contribution is 5.76. The molecule has 0 saturated carbocycles. The van der Waals surface area contributed by atoms with Crippen molar-refractivity contribution < 1.29 is 65.1 Å². The summed E-state index contributed by atoms with van der Waals surface area (Å²) in [5, 5.41) is 17.8. The predicted octanol–water partition coefficient (Wildman–Crippen LogP) is 18.5. The number of benzene rings is 6. The number of rotatable bonds is 28. The number of alkyl halides is 6. The van der Waals surface area contributed by atoms with Gasteiger partial charge in [0, 0.05) is 39.0 Å². The minimum Gasteiger partial charge on any atom is -0.494 e. The van der Waals surface area contributed by atoms with E-state index in [0.29, 0.717) is 83.5 Å². The van der Waals surface area contributed by atoms with Gasteiger partial charge < -0.3 is 39.0 Å². The number of nitrogens with zero attached hydrogens (tertiary/aromatic N) is 6. The lowest BCUT2D eigenvalue weighted by molar-refractivity contribution is -0.138. The van der Waals surface area contributed by atoms with E-state index in [-0.39, 0.29) is 51.8 Å². The Morgan fingerprint density at radius 1 is 0.474 bits per heavy atom. The number of anilines is 2. The summed E-state index contributed by atoms with van der Waals surface area (Å²) in [6.07, 6.45) is -2.42. The monoisotopic (exact) mass is 1310 g/mol. The number of halogens is 6. The third kappa shape index (κ3) is 21.1. The van der Waals surface area contributed by atoms with Gasteiger partial charge in [-0.2, -0.15) is 26.3 Å². The van der Waals surface area contributed by atoms with E-state index >= 15 is 0 Å². The van der Waals surface area contributed by atoms with Crippen molar-refractivity contribution in [1.29, 1.82) is 0 Å². The number of ether oxygens (including phenoxy) is 4. The minimum absolute atomic E-state index is 0.0213. The molecular formula is C75H86F6N6O8. The fourth-order valence-electron chi connectivity index (χ4n) is 10.9. The number of aryl methyl sites for hydroxylation is 6. The van der Waals surface area contributed by atoms with Crippen molar-refractivity contribution in [2.75, 3.05) is 29.6 Å². The summed E-state index contributed by atoms with van der Waals surface area (Å²) in [6.45, 7) is 27.5. The number of aromatic nitrogens is 4. The second kappa shape index (κ2) is 32.8. The van der Waals surface area contributed by atoms with E-state index in [1.54, 1.807) is 26.0 Å². The van der Waals surface area contributed by atoms with Gasteiger partial charge in [0.05, 0.1) is 61.8 Å². The summed E-state index contributed by atoms with van der Waals surface area (Å²) in [4.78, 5) is 43.5. The number of hydrogen-bond acceptors (Lipinski definition) is 12. The number of aliphatic carboxylic acids is 2.